The summed E-state index contributed by atoms with van der Waals surface area (Å²) in [5.41, 5.74) is 1.94. The summed E-state index contributed by atoms with van der Waals surface area (Å²) in [6, 6.07) is 13.7. The molecule has 0 atom stereocenters. The predicted octanol–water partition coefficient (Wildman–Crippen LogP) is 3.60. The van der Waals surface area contributed by atoms with Crippen LogP contribution in [-0.2, 0) is 16.1 Å². The number of aromatic nitrogens is 2. The van der Waals surface area contributed by atoms with Crippen molar-refractivity contribution in [3.8, 4) is 0 Å². The van der Waals surface area contributed by atoms with Crippen LogP contribution in [0.5, 0.6) is 0 Å². The molecule has 116 valence electrons. The molecule has 0 aliphatic carbocycles. The van der Waals surface area contributed by atoms with Crippen LogP contribution in [0, 0.1) is 5.82 Å². The summed E-state index contributed by atoms with van der Waals surface area (Å²) in [6.45, 7) is -0.0739. The van der Waals surface area contributed by atoms with Gasteiger partial charge in [0.15, 0.2) is 0 Å². The van der Waals surface area contributed by atoms with E-state index in [1.807, 2.05) is 24.3 Å². The van der Waals surface area contributed by atoms with Gasteiger partial charge >= 0.3 is 5.97 Å². The van der Waals surface area contributed by atoms with Gasteiger partial charge in [0, 0.05) is 5.56 Å². The summed E-state index contributed by atoms with van der Waals surface area (Å²) >= 11 is 1.24. The standard InChI is InChI=1S/C17H13FN2O2S/c18-13-6-2-1-5-12(13)10-22-17(21)11-23-16-9-19-14-7-3-4-8-15(14)20-16/h1-9H,10-11H2. The lowest BCUT2D eigenvalue weighted by Crippen LogP contribution is -2.08. The van der Waals surface area contributed by atoms with Crippen molar-refractivity contribution in [2.24, 2.45) is 0 Å². The minimum atomic E-state index is -0.423. The summed E-state index contributed by atoms with van der Waals surface area (Å²) in [5.74, 6) is -0.705. The highest BCUT2D eigenvalue weighted by atomic mass is 32.2. The van der Waals surface area contributed by atoms with Gasteiger partial charge in [-0.3, -0.25) is 9.78 Å². The molecule has 0 spiro atoms. The number of ether oxygens (including phenoxy) is 1. The molecule has 0 saturated heterocycles. The van der Waals surface area contributed by atoms with Gasteiger partial charge < -0.3 is 4.74 Å². The molecule has 23 heavy (non-hydrogen) atoms. The monoisotopic (exact) mass is 328 g/mol. The molecule has 2 aromatic carbocycles. The molecule has 1 heterocycles. The number of para-hydroxylation sites is 2. The largest absolute Gasteiger partial charge is 0.460 e. The van der Waals surface area contributed by atoms with Crippen LogP contribution in [0.15, 0.2) is 59.8 Å². The van der Waals surface area contributed by atoms with Gasteiger partial charge in [0.1, 0.15) is 17.5 Å². The maximum Gasteiger partial charge on any atom is 0.316 e. The van der Waals surface area contributed by atoms with Crippen molar-refractivity contribution in [1.29, 1.82) is 0 Å². The van der Waals surface area contributed by atoms with Crippen LogP contribution >= 0.6 is 11.8 Å². The molecule has 0 radical (unpaired) electrons. The molecule has 4 nitrogen and oxygen atoms in total. The number of fused-ring (bicyclic) bond motifs is 1. The number of nitrogens with zero attached hydrogens (tertiary/aromatic N) is 2. The van der Waals surface area contributed by atoms with Crippen molar-refractivity contribution >= 4 is 28.8 Å². The molecule has 0 aliphatic heterocycles. The van der Waals surface area contributed by atoms with E-state index in [1.54, 1.807) is 24.4 Å². The van der Waals surface area contributed by atoms with E-state index in [1.165, 1.54) is 17.8 Å². The smallest absolute Gasteiger partial charge is 0.316 e. The number of thioether (sulfide) groups is 1. The Morgan fingerprint density at radius 3 is 2.65 bits per heavy atom. The van der Waals surface area contributed by atoms with Crippen LogP contribution in [0.3, 0.4) is 0 Å². The second kappa shape index (κ2) is 7.19. The zero-order valence-electron chi connectivity index (χ0n) is 12.1. The van der Waals surface area contributed by atoms with Gasteiger partial charge in [-0.05, 0) is 18.2 Å². The lowest BCUT2D eigenvalue weighted by atomic mass is 10.2. The van der Waals surface area contributed by atoms with Gasteiger partial charge in [0.2, 0.25) is 0 Å². The van der Waals surface area contributed by atoms with E-state index in [-0.39, 0.29) is 18.2 Å². The number of hydrogen-bond donors (Lipinski definition) is 0. The van der Waals surface area contributed by atoms with E-state index in [9.17, 15) is 9.18 Å². The Kier molecular flexibility index (Phi) is 4.83. The Hall–Kier alpha value is -2.47. The maximum absolute atomic E-state index is 13.4. The third kappa shape index (κ3) is 4.04. The molecule has 0 unspecified atom stereocenters. The fraction of sp³-hybridized carbons (Fsp3) is 0.118. The average molecular weight is 328 g/mol. The second-order valence-corrected chi connectivity index (χ2v) is 5.73. The molecular formula is C17H13FN2O2S. The van der Waals surface area contributed by atoms with Crippen molar-refractivity contribution in [2.75, 3.05) is 5.75 Å². The number of esters is 1. The van der Waals surface area contributed by atoms with E-state index in [2.05, 4.69) is 9.97 Å². The fourth-order valence-electron chi connectivity index (χ4n) is 1.96. The zero-order chi connectivity index (χ0) is 16.1. The zero-order valence-corrected chi connectivity index (χ0v) is 12.9. The first-order valence-electron chi connectivity index (χ1n) is 6.96. The number of benzene rings is 2. The van der Waals surface area contributed by atoms with Crippen LogP contribution in [-0.4, -0.2) is 21.7 Å². The van der Waals surface area contributed by atoms with E-state index in [0.29, 0.717) is 10.6 Å². The minimum Gasteiger partial charge on any atom is -0.460 e. The van der Waals surface area contributed by atoms with Gasteiger partial charge in [-0.2, -0.15) is 0 Å². The number of rotatable bonds is 5. The molecule has 6 heteroatoms. The normalized spacial score (nSPS) is 10.7. The van der Waals surface area contributed by atoms with Crippen molar-refractivity contribution in [3.63, 3.8) is 0 Å². The van der Waals surface area contributed by atoms with Crippen LogP contribution < -0.4 is 0 Å². The minimum absolute atomic E-state index is 0.0739. The summed E-state index contributed by atoms with van der Waals surface area (Å²) in [5, 5.41) is 0.645. The van der Waals surface area contributed by atoms with E-state index < -0.39 is 5.97 Å². The molecule has 0 saturated carbocycles. The van der Waals surface area contributed by atoms with E-state index >= 15 is 0 Å². The number of carbonyl (C=O) groups excluding carboxylic acids is 1. The molecule has 0 bridgehead atoms. The number of hydrogen-bond acceptors (Lipinski definition) is 5. The molecule has 1 aromatic heterocycles. The summed E-state index contributed by atoms with van der Waals surface area (Å²) < 4.78 is 18.5. The lowest BCUT2D eigenvalue weighted by Gasteiger charge is -2.06. The predicted molar refractivity (Wildman–Crippen MR) is 86.5 cm³/mol. The summed E-state index contributed by atoms with van der Waals surface area (Å²) in [4.78, 5) is 20.4. The Labute approximate surface area is 136 Å². The SMILES string of the molecule is O=C(CSc1cnc2ccccc2n1)OCc1ccccc1F. The molecule has 0 N–H and O–H groups in total. The number of halogens is 1. The van der Waals surface area contributed by atoms with E-state index in [4.69, 9.17) is 4.74 Å². The Morgan fingerprint density at radius 2 is 1.83 bits per heavy atom. The Bertz CT molecular complexity index is 841. The third-order valence-corrected chi connectivity index (χ3v) is 3.98. The fourth-order valence-corrected chi connectivity index (χ4v) is 2.60. The molecule has 3 aromatic rings. The summed E-state index contributed by atoms with van der Waals surface area (Å²) in [7, 11) is 0. The van der Waals surface area contributed by atoms with Gasteiger partial charge in [-0.15, -0.1) is 0 Å². The highest BCUT2D eigenvalue weighted by Gasteiger charge is 2.08. The first-order valence-corrected chi connectivity index (χ1v) is 7.94. The van der Waals surface area contributed by atoms with Crippen LogP contribution in [0.4, 0.5) is 4.39 Å². The van der Waals surface area contributed by atoms with Crippen molar-refractivity contribution < 1.29 is 13.9 Å². The van der Waals surface area contributed by atoms with E-state index in [0.717, 1.165) is 11.0 Å². The van der Waals surface area contributed by atoms with Crippen LogP contribution in [0.1, 0.15) is 5.56 Å². The molecule has 3 rings (SSSR count). The van der Waals surface area contributed by atoms with Crippen molar-refractivity contribution in [3.05, 3.63) is 66.1 Å². The maximum atomic E-state index is 13.4. The molecule has 0 aliphatic rings. The Morgan fingerprint density at radius 1 is 1.09 bits per heavy atom. The molecule has 0 fully saturated rings. The van der Waals surface area contributed by atoms with Crippen LogP contribution in [0.25, 0.3) is 11.0 Å². The quantitative estimate of drug-likeness (QED) is 0.529. The topological polar surface area (TPSA) is 52.1 Å². The highest BCUT2D eigenvalue weighted by molar-refractivity contribution is 7.99. The van der Waals surface area contributed by atoms with Crippen LogP contribution in [0.2, 0.25) is 0 Å². The first kappa shape index (κ1) is 15.4. The van der Waals surface area contributed by atoms with Gasteiger partial charge in [-0.1, -0.05) is 42.1 Å². The Balaban J connectivity index is 1.54. The molecule has 0 amide bonds. The highest BCUT2D eigenvalue weighted by Crippen LogP contribution is 2.18. The number of carbonyl (C=O) groups is 1. The van der Waals surface area contributed by atoms with Gasteiger partial charge in [-0.25, -0.2) is 9.37 Å². The molecular weight excluding hydrogens is 315 g/mol. The second-order valence-electron chi connectivity index (χ2n) is 4.74. The van der Waals surface area contributed by atoms with Gasteiger partial charge in [0.05, 0.1) is 23.0 Å². The average Bonchev–Trinajstić information content (AvgIpc) is 2.59. The van der Waals surface area contributed by atoms with Gasteiger partial charge in [0.25, 0.3) is 0 Å². The van der Waals surface area contributed by atoms with Crippen molar-refractivity contribution in [1.82, 2.24) is 9.97 Å². The lowest BCUT2D eigenvalue weighted by molar-refractivity contribution is -0.141. The first-order chi connectivity index (χ1) is 11.2. The van der Waals surface area contributed by atoms with Crippen molar-refractivity contribution in [2.45, 2.75) is 11.6 Å². The third-order valence-electron chi connectivity index (χ3n) is 3.11. The summed E-state index contributed by atoms with van der Waals surface area (Å²) in [6.07, 6.45) is 1.62.